The van der Waals surface area contributed by atoms with E-state index in [0.29, 0.717) is 5.02 Å². The Labute approximate surface area is 173 Å². The van der Waals surface area contributed by atoms with E-state index in [4.69, 9.17) is 16.3 Å². The number of rotatable bonds is 5. The molecule has 0 saturated heterocycles. The minimum absolute atomic E-state index is 0.114. The van der Waals surface area contributed by atoms with Gasteiger partial charge in [-0.2, -0.15) is 0 Å². The molecule has 1 fully saturated rings. The standard InChI is InChI=1S/C24H30ClNO2/c1-26(2)17-21-9-5-4-8-20(15-18-7-6-10-23(16-18)28-3)24(21,27)19-11-13-22(25)14-12-19/h6-7,10-16,21,27H,4-5,8-9,17H2,1-3H3/b20-15+. The van der Waals surface area contributed by atoms with E-state index >= 15 is 0 Å². The maximum atomic E-state index is 12.2. The topological polar surface area (TPSA) is 32.7 Å². The second-order valence-electron chi connectivity index (χ2n) is 7.92. The van der Waals surface area contributed by atoms with Crippen molar-refractivity contribution in [2.75, 3.05) is 27.7 Å². The number of nitrogens with zero attached hydrogens (tertiary/aromatic N) is 1. The second kappa shape index (κ2) is 9.13. The van der Waals surface area contributed by atoms with E-state index in [1.807, 2.05) is 42.5 Å². The van der Waals surface area contributed by atoms with Crippen LogP contribution in [-0.2, 0) is 5.60 Å². The molecule has 4 heteroatoms. The molecule has 0 aliphatic heterocycles. The maximum absolute atomic E-state index is 12.2. The minimum Gasteiger partial charge on any atom is -0.497 e. The van der Waals surface area contributed by atoms with Gasteiger partial charge in [-0.05, 0) is 74.3 Å². The zero-order valence-corrected chi connectivity index (χ0v) is 17.7. The first kappa shape index (κ1) is 20.9. The third-order valence-electron chi connectivity index (χ3n) is 5.63. The van der Waals surface area contributed by atoms with E-state index in [9.17, 15) is 5.11 Å². The quantitative estimate of drug-likeness (QED) is 0.686. The van der Waals surface area contributed by atoms with Gasteiger partial charge in [-0.25, -0.2) is 0 Å². The lowest BCUT2D eigenvalue weighted by atomic mass is 9.74. The van der Waals surface area contributed by atoms with E-state index in [0.717, 1.165) is 54.7 Å². The summed E-state index contributed by atoms with van der Waals surface area (Å²) in [5, 5.41) is 12.9. The summed E-state index contributed by atoms with van der Waals surface area (Å²) >= 11 is 6.13. The van der Waals surface area contributed by atoms with Gasteiger partial charge in [0.1, 0.15) is 11.4 Å². The summed E-state index contributed by atoms with van der Waals surface area (Å²) in [5.74, 6) is 0.936. The molecular weight excluding hydrogens is 370 g/mol. The lowest BCUT2D eigenvalue weighted by molar-refractivity contribution is 0.000489. The molecule has 0 amide bonds. The predicted molar refractivity (Wildman–Crippen MR) is 117 cm³/mol. The first-order chi connectivity index (χ1) is 13.4. The number of methoxy groups -OCH3 is 1. The van der Waals surface area contributed by atoms with E-state index < -0.39 is 5.60 Å². The molecule has 2 aromatic carbocycles. The van der Waals surface area contributed by atoms with Crippen molar-refractivity contribution in [1.29, 1.82) is 0 Å². The van der Waals surface area contributed by atoms with Crippen LogP contribution in [0.1, 0.15) is 36.8 Å². The van der Waals surface area contributed by atoms with Crippen LogP contribution in [0.5, 0.6) is 5.75 Å². The molecule has 0 spiro atoms. The van der Waals surface area contributed by atoms with Gasteiger partial charge in [0.05, 0.1) is 7.11 Å². The van der Waals surface area contributed by atoms with Crippen LogP contribution in [-0.4, -0.2) is 37.8 Å². The van der Waals surface area contributed by atoms with Gasteiger partial charge in [0.25, 0.3) is 0 Å². The Morgan fingerprint density at radius 3 is 2.61 bits per heavy atom. The van der Waals surface area contributed by atoms with Crippen LogP contribution < -0.4 is 4.74 Å². The first-order valence-electron chi connectivity index (χ1n) is 9.91. The van der Waals surface area contributed by atoms with Crippen molar-refractivity contribution in [2.24, 2.45) is 5.92 Å². The van der Waals surface area contributed by atoms with E-state index in [1.54, 1.807) is 7.11 Å². The second-order valence-corrected chi connectivity index (χ2v) is 8.36. The normalized spacial score (nSPS) is 24.4. The third kappa shape index (κ3) is 4.60. The number of ether oxygens (including phenoxy) is 1. The molecular formula is C24H30ClNO2. The van der Waals surface area contributed by atoms with Crippen molar-refractivity contribution < 1.29 is 9.84 Å². The smallest absolute Gasteiger partial charge is 0.119 e. The predicted octanol–water partition coefficient (Wildman–Crippen LogP) is 5.37. The Hall–Kier alpha value is -1.81. The number of hydrogen-bond acceptors (Lipinski definition) is 3. The summed E-state index contributed by atoms with van der Waals surface area (Å²) in [6, 6.07) is 15.7. The fourth-order valence-electron chi connectivity index (χ4n) is 4.27. The molecule has 1 saturated carbocycles. The van der Waals surface area contributed by atoms with Crippen molar-refractivity contribution >= 4 is 17.7 Å². The number of hydrogen-bond donors (Lipinski definition) is 1. The van der Waals surface area contributed by atoms with Crippen molar-refractivity contribution in [3.63, 3.8) is 0 Å². The van der Waals surface area contributed by atoms with Gasteiger partial charge in [0.15, 0.2) is 0 Å². The van der Waals surface area contributed by atoms with E-state index in [1.165, 1.54) is 0 Å². The largest absolute Gasteiger partial charge is 0.497 e. The van der Waals surface area contributed by atoms with Gasteiger partial charge in [-0.3, -0.25) is 0 Å². The minimum atomic E-state index is -1.02. The summed E-state index contributed by atoms with van der Waals surface area (Å²) in [4.78, 5) is 2.17. The highest BCUT2D eigenvalue weighted by atomic mass is 35.5. The Balaban J connectivity index is 2.12. The van der Waals surface area contributed by atoms with E-state index in [2.05, 4.69) is 31.1 Å². The third-order valence-corrected chi connectivity index (χ3v) is 5.89. The van der Waals surface area contributed by atoms with Gasteiger partial charge >= 0.3 is 0 Å². The molecule has 150 valence electrons. The molecule has 2 unspecified atom stereocenters. The SMILES string of the molecule is COc1cccc(/C=C2\CCCCC(CN(C)C)C2(O)c2ccc(Cl)cc2)c1. The molecule has 0 radical (unpaired) electrons. The Bertz CT molecular complexity index is 816. The van der Waals surface area contributed by atoms with Gasteiger partial charge in [-0.1, -0.05) is 48.4 Å². The molecule has 2 aromatic rings. The Kier molecular flexibility index (Phi) is 6.82. The first-order valence-corrected chi connectivity index (χ1v) is 10.3. The summed E-state index contributed by atoms with van der Waals surface area (Å²) in [7, 11) is 5.81. The maximum Gasteiger partial charge on any atom is 0.119 e. The van der Waals surface area contributed by atoms with Gasteiger partial charge in [-0.15, -0.1) is 0 Å². The summed E-state index contributed by atoms with van der Waals surface area (Å²) in [6.45, 7) is 0.828. The van der Waals surface area contributed by atoms with Crippen LogP contribution in [0.4, 0.5) is 0 Å². The lowest BCUT2D eigenvalue weighted by Crippen LogP contribution is -2.41. The van der Waals surface area contributed by atoms with Crippen LogP contribution in [0.15, 0.2) is 54.1 Å². The molecule has 2 atom stereocenters. The molecule has 3 rings (SSSR count). The summed E-state index contributed by atoms with van der Waals surface area (Å²) in [5.41, 5.74) is 2.01. The molecule has 1 N–H and O–H groups in total. The number of aliphatic hydroxyl groups is 1. The van der Waals surface area contributed by atoms with Crippen LogP contribution >= 0.6 is 11.6 Å². The highest BCUT2D eigenvalue weighted by Gasteiger charge is 2.42. The molecule has 28 heavy (non-hydrogen) atoms. The lowest BCUT2D eigenvalue weighted by Gasteiger charge is -2.39. The highest BCUT2D eigenvalue weighted by molar-refractivity contribution is 6.30. The van der Waals surface area contributed by atoms with Gasteiger partial charge in [0.2, 0.25) is 0 Å². The summed E-state index contributed by atoms with van der Waals surface area (Å²) < 4.78 is 5.38. The summed E-state index contributed by atoms with van der Waals surface area (Å²) in [6.07, 6.45) is 6.21. The van der Waals surface area contributed by atoms with E-state index in [-0.39, 0.29) is 5.92 Å². The Morgan fingerprint density at radius 2 is 1.93 bits per heavy atom. The fraction of sp³-hybridized carbons (Fsp3) is 0.417. The molecule has 0 heterocycles. The highest BCUT2D eigenvalue weighted by Crippen LogP contribution is 2.45. The molecule has 1 aliphatic rings. The monoisotopic (exact) mass is 399 g/mol. The molecule has 3 nitrogen and oxygen atoms in total. The Morgan fingerprint density at radius 1 is 1.18 bits per heavy atom. The zero-order valence-electron chi connectivity index (χ0n) is 17.0. The fourth-order valence-corrected chi connectivity index (χ4v) is 4.40. The molecule has 0 bridgehead atoms. The van der Waals surface area contributed by atoms with Crippen LogP contribution in [0, 0.1) is 5.92 Å². The molecule has 0 aromatic heterocycles. The van der Waals surface area contributed by atoms with Crippen molar-refractivity contribution in [3.05, 3.63) is 70.3 Å². The average molecular weight is 400 g/mol. The molecule has 1 aliphatic carbocycles. The van der Waals surface area contributed by atoms with Crippen LogP contribution in [0.3, 0.4) is 0 Å². The van der Waals surface area contributed by atoms with Crippen LogP contribution in [0.2, 0.25) is 5.02 Å². The average Bonchev–Trinajstić information content (AvgIpc) is 2.83. The van der Waals surface area contributed by atoms with Crippen LogP contribution in [0.25, 0.3) is 6.08 Å². The van der Waals surface area contributed by atoms with Crippen molar-refractivity contribution in [2.45, 2.75) is 31.3 Å². The zero-order chi connectivity index (χ0) is 20.1. The number of halogens is 1. The van der Waals surface area contributed by atoms with Crippen molar-refractivity contribution in [1.82, 2.24) is 4.90 Å². The number of benzene rings is 2. The van der Waals surface area contributed by atoms with Gasteiger partial charge in [0, 0.05) is 17.5 Å². The van der Waals surface area contributed by atoms with Crippen molar-refractivity contribution in [3.8, 4) is 5.75 Å². The van der Waals surface area contributed by atoms with Gasteiger partial charge < -0.3 is 14.7 Å².